The molecule has 0 saturated heterocycles. The van der Waals surface area contributed by atoms with Gasteiger partial charge in [-0.15, -0.1) is 0 Å². The maximum Gasteiger partial charge on any atom is 0.274 e. The monoisotopic (exact) mass is 309 g/mol. The summed E-state index contributed by atoms with van der Waals surface area (Å²) in [5.74, 6) is 0.624. The Kier molecular flexibility index (Phi) is 4.28. The van der Waals surface area contributed by atoms with Crippen LogP contribution in [0.3, 0.4) is 0 Å². The van der Waals surface area contributed by atoms with Gasteiger partial charge in [0.05, 0.1) is 12.3 Å². The number of carbonyl (C=O) groups is 1. The first-order valence-electron chi connectivity index (χ1n) is 7.73. The second kappa shape index (κ2) is 6.52. The lowest BCUT2D eigenvalue weighted by Crippen LogP contribution is -2.16. The summed E-state index contributed by atoms with van der Waals surface area (Å²) >= 11 is 0. The number of aromatic nitrogens is 2. The molecule has 0 aliphatic rings. The SMILES string of the molecule is CCOc1ccc(NC(=O)c2c(CC)nc3ccccn23)cc1. The molecular weight excluding hydrogens is 290 g/mol. The topological polar surface area (TPSA) is 55.6 Å². The first-order chi connectivity index (χ1) is 11.2. The molecule has 2 heterocycles. The van der Waals surface area contributed by atoms with Crippen LogP contribution in [0.5, 0.6) is 5.75 Å². The Hall–Kier alpha value is -2.82. The fourth-order valence-corrected chi connectivity index (χ4v) is 2.52. The predicted molar refractivity (Wildman–Crippen MR) is 90.1 cm³/mol. The van der Waals surface area contributed by atoms with Gasteiger partial charge >= 0.3 is 0 Å². The van der Waals surface area contributed by atoms with E-state index in [-0.39, 0.29) is 5.91 Å². The molecule has 2 aromatic heterocycles. The van der Waals surface area contributed by atoms with Crippen LogP contribution in [-0.4, -0.2) is 21.9 Å². The second-order valence-corrected chi connectivity index (χ2v) is 5.10. The van der Waals surface area contributed by atoms with Crippen LogP contribution in [0.1, 0.15) is 30.0 Å². The number of imidazole rings is 1. The van der Waals surface area contributed by atoms with Crippen LogP contribution in [-0.2, 0) is 6.42 Å². The van der Waals surface area contributed by atoms with Crippen molar-refractivity contribution in [3.63, 3.8) is 0 Å². The molecule has 1 N–H and O–H groups in total. The van der Waals surface area contributed by atoms with E-state index < -0.39 is 0 Å². The van der Waals surface area contributed by atoms with E-state index in [1.54, 1.807) is 0 Å². The molecule has 0 radical (unpaired) electrons. The van der Waals surface area contributed by atoms with Crippen molar-refractivity contribution in [2.75, 3.05) is 11.9 Å². The van der Waals surface area contributed by atoms with Gasteiger partial charge in [-0.25, -0.2) is 4.98 Å². The fourth-order valence-electron chi connectivity index (χ4n) is 2.52. The number of hydrogen-bond acceptors (Lipinski definition) is 3. The van der Waals surface area contributed by atoms with Crippen molar-refractivity contribution >= 4 is 17.2 Å². The number of anilines is 1. The van der Waals surface area contributed by atoms with Crippen LogP contribution in [0, 0.1) is 0 Å². The van der Waals surface area contributed by atoms with Crippen LogP contribution >= 0.6 is 0 Å². The molecule has 1 aromatic carbocycles. The molecule has 5 nitrogen and oxygen atoms in total. The van der Waals surface area contributed by atoms with Crippen molar-refractivity contribution in [1.29, 1.82) is 0 Å². The third kappa shape index (κ3) is 3.04. The molecule has 118 valence electrons. The number of nitrogens with zero attached hydrogens (tertiary/aromatic N) is 2. The number of aryl methyl sites for hydroxylation is 1. The van der Waals surface area contributed by atoms with E-state index in [0.29, 0.717) is 18.7 Å². The molecule has 23 heavy (non-hydrogen) atoms. The summed E-state index contributed by atoms with van der Waals surface area (Å²) in [6.07, 6.45) is 2.56. The van der Waals surface area contributed by atoms with E-state index in [1.165, 1.54) is 0 Å². The smallest absolute Gasteiger partial charge is 0.274 e. The largest absolute Gasteiger partial charge is 0.494 e. The zero-order valence-electron chi connectivity index (χ0n) is 13.2. The molecule has 0 atom stereocenters. The molecule has 0 aliphatic heterocycles. The van der Waals surface area contributed by atoms with Crippen LogP contribution in [0.4, 0.5) is 5.69 Å². The summed E-state index contributed by atoms with van der Waals surface area (Å²) in [6.45, 7) is 4.55. The molecule has 0 aliphatic carbocycles. The Morgan fingerprint density at radius 3 is 2.65 bits per heavy atom. The van der Waals surface area contributed by atoms with E-state index in [4.69, 9.17) is 4.74 Å². The summed E-state index contributed by atoms with van der Waals surface area (Å²) in [5, 5.41) is 2.93. The van der Waals surface area contributed by atoms with Crippen LogP contribution < -0.4 is 10.1 Å². The highest BCUT2D eigenvalue weighted by Crippen LogP contribution is 2.18. The fraction of sp³-hybridized carbons (Fsp3) is 0.222. The number of ether oxygens (including phenoxy) is 1. The van der Waals surface area contributed by atoms with E-state index in [1.807, 2.05) is 66.9 Å². The molecular formula is C18H19N3O2. The number of carbonyl (C=O) groups excluding carboxylic acids is 1. The highest BCUT2D eigenvalue weighted by Gasteiger charge is 2.18. The van der Waals surface area contributed by atoms with Crippen LogP contribution in [0.25, 0.3) is 5.65 Å². The molecule has 0 bridgehead atoms. The molecule has 0 spiro atoms. The van der Waals surface area contributed by atoms with Gasteiger partial charge in [0.1, 0.15) is 17.1 Å². The molecule has 3 aromatic rings. The van der Waals surface area contributed by atoms with Gasteiger partial charge in [0, 0.05) is 11.9 Å². The minimum absolute atomic E-state index is 0.162. The average Bonchev–Trinajstić information content (AvgIpc) is 2.95. The summed E-state index contributed by atoms with van der Waals surface area (Å²) in [5.41, 5.74) is 2.88. The minimum atomic E-state index is -0.162. The van der Waals surface area contributed by atoms with Crippen molar-refractivity contribution in [3.05, 3.63) is 60.0 Å². The highest BCUT2D eigenvalue weighted by atomic mass is 16.5. The molecule has 3 rings (SSSR count). The number of hydrogen-bond donors (Lipinski definition) is 1. The Morgan fingerprint density at radius 1 is 1.17 bits per heavy atom. The Morgan fingerprint density at radius 2 is 1.96 bits per heavy atom. The number of rotatable bonds is 5. The number of nitrogens with one attached hydrogen (secondary N) is 1. The van der Waals surface area contributed by atoms with Crippen LogP contribution in [0.2, 0.25) is 0 Å². The molecule has 0 fully saturated rings. The maximum absolute atomic E-state index is 12.7. The zero-order chi connectivity index (χ0) is 16.2. The van der Waals surface area contributed by atoms with Crippen molar-refractivity contribution in [2.24, 2.45) is 0 Å². The third-order valence-electron chi connectivity index (χ3n) is 3.58. The summed E-state index contributed by atoms with van der Waals surface area (Å²) < 4.78 is 7.23. The number of amides is 1. The maximum atomic E-state index is 12.7. The molecule has 0 unspecified atom stereocenters. The summed E-state index contributed by atoms with van der Waals surface area (Å²) in [6, 6.07) is 13.0. The average molecular weight is 309 g/mol. The standard InChI is InChI=1S/C18H19N3O2/c1-3-15-17(21-12-6-5-7-16(21)20-15)18(22)19-13-8-10-14(11-9-13)23-4-2/h5-12H,3-4H2,1-2H3,(H,19,22). The van der Waals surface area contributed by atoms with Gasteiger partial charge in [0.15, 0.2) is 0 Å². The van der Waals surface area contributed by atoms with Gasteiger partial charge in [-0.2, -0.15) is 0 Å². The molecule has 1 amide bonds. The second-order valence-electron chi connectivity index (χ2n) is 5.10. The van der Waals surface area contributed by atoms with Crippen molar-refractivity contribution in [2.45, 2.75) is 20.3 Å². The van der Waals surface area contributed by atoms with Crippen molar-refractivity contribution < 1.29 is 9.53 Å². The van der Waals surface area contributed by atoms with E-state index in [0.717, 1.165) is 22.8 Å². The number of fused-ring (bicyclic) bond motifs is 1. The number of benzene rings is 1. The predicted octanol–water partition coefficient (Wildman–Crippen LogP) is 3.55. The van der Waals surface area contributed by atoms with Gasteiger partial charge in [0.25, 0.3) is 5.91 Å². The quantitative estimate of drug-likeness (QED) is 0.784. The zero-order valence-corrected chi connectivity index (χ0v) is 13.2. The summed E-state index contributed by atoms with van der Waals surface area (Å²) in [7, 11) is 0. The van der Waals surface area contributed by atoms with E-state index in [9.17, 15) is 4.79 Å². The van der Waals surface area contributed by atoms with Gasteiger partial charge < -0.3 is 10.1 Å². The molecule has 5 heteroatoms. The Bertz CT molecular complexity index is 822. The Labute approximate surface area is 134 Å². The summed E-state index contributed by atoms with van der Waals surface area (Å²) in [4.78, 5) is 17.2. The van der Waals surface area contributed by atoms with Crippen molar-refractivity contribution in [3.8, 4) is 5.75 Å². The van der Waals surface area contributed by atoms with Gasteiger partial charge in [-0.1, -0.05) is 13.0 Å². The normalized spacial score (nSPS) is 10.7. The van der Waals surface area contributed by atoms with Crippen molar-refractivity contribution in [1.82, 2.24) is 9.38 Å². The van der Waals surface area contributed by atoms with Crippen LogP contribution in [0.15, 0.2) is 48.7 Å². The lowest BCUT2D eigenvalue weighted by molar-refractivity contribution is 0.102. The van der Waals surface area contributed by atoms with E-state index in [2.05, 4.69) is 10.3 Å². The first-order valence-corrected chi connectivity index (χ1v) is 7.73. The Balaban J connectivity index is 1.88. The lowest BCUT2D eigenvalue weighted by Gasteiger charge is -2.08. The third-order valence-corrected chi connectivity index (χ3v) is 3.58. The van der Waals surface area contributed by atoms with Gasteiger partial charge in [-0.05, 0) is 49.7 Å². The number of pyridine rings is 1. The molecule has 0 saturated carbocycles. The highest BCUT2D eigenvalue weighted by molar-refractivity contribution is 6.04. The van der Waals surface area contributed by atoms with E-state index >= 15 is 0 Å². The lowest BCUT2D eigenvalue weighted by atomic mass is 10.2. The van der Waals surface area contributed by atoms with Gasteiger partial charge in [0.2, 0.25) is 0 Å². The minimum Gasteiger partial charge on any atom is -0.494 e. The van der Waals surface area contributed by atoms with Gasteiger partial charge in [-0.3, -0.25) is 9.20 Å². The first kappa shape index (κ1) is 15.1.